The van der Waals surface area contributed by atoms with E-state index >= 15 is 0 Å². The summed E-state index contributed by atoms with van der Waals surface area (Å²) in [7, 11) is 0. The van der Waals surface area contributed by atoms with Gasteiger partial charge >= 0.3 is 0 Å². The van der Waals surface area contributed by atoms with Crippen LogP contribution in [0, 0.1) is 9.49 Å². The van der Waals surface area contributed by atoms with Gasteiger partial charge in [0.05, 0.1) is 12.6 Å². The highest BCUT2D eigenvalue weighted by Crippen LogP contribution is 2.42. The number of anilines is 1. The molecule has 0 bridgehead atoms. The van der Waals surface area contributed by atoms with E-state index in [1.165, 1.54) is 0 Å². The molecule has 2 heterocycles. The number of benzene rings is 2. The monoisotopic (exact) mass is 532 g/mol. The fraction of sp³-hybridized carbons (Fsp3) is 0.333. The Bertz CT molecular complexity index is 1050. The van der Waals surface area contributed by atoms with Gasteiger partial charge < -0.3 is 20.4 Å². The number of carbonyl (C=O) groups excluding carboxylic acids is 2. The fourth-order valence-corrected chi connectivity index (χ4v) is 4.90. The molecule has 0 saturated heterocycles. The molecule has 162 valence electrons. The van der Waals surface area contributed by atoms with Crippen molar-refractivity contribution in [2.24, 2.45) is 5.92 Å². The van der Waals surface area contributed by atoms with Gasteiger partial charge in [-0.2, -0.15) is 0 Å². The zero-order valence-corrected chi connectivity index (χ0v) is 19.4. The highest BCUT2D eigenvalue weighted by atomic mass is 127. The van der Waals surface area contributed by atoms with Gasteiger partial charge in [-0.25, -0.2) is 0 Å². The molecule has 2 aromatic rings. The van der Waals surface area contributed by atoms with E-state index in [1.807, 2.05) is 30.3 Å². The summed E-state index contributed by atoms with van der Waals surface area (Å²) in [6.45, 7) is 2.15. The Morgan fingerprint density at radius 2 is 2.06 bits per heavy atom. The predicted molar refractivity (Wildman–Crippen MR) is 126 cm³/mol. The number of nitrogens with one attached hydrogen (secondary N) is 1. The molecule has 2 aromatic carbocycles. The average Bonchev–Trinajstić information content (AvgIpc) is 3.03. The fourth-order valence-electron chi connectivity index (χ4n) is 4.40. The molecular formula is C24H25IN2O4. The van der Waals surface area contributed by atoms with Gasteiger partial charge in [0, 0.05) is 33.7 Å². The summed E-state index contributed by atoms with van der Waals surface area (Å²) in [5, 5.41) is 23.7. The normalized spacial score (nSPS) is 23.4. The van der Waals surface area contributed by atoms with Crippen molar-refractivity contribution in [3.05, 3.63) is 74.9 Å². The maximum absolute atomic E-state index is 12.9. The SMILES string of the molecule is C[C@@H](/C=C/CC(=O)N1Cc2ccccc2C[C@H]1CO)[C@]1(O)C(=O)Nc2ccc(I)cc21. The second kappa shape index (κ2) is 8.72. The number of hydrogen-bond donors (Lipinski definition) is 3. The van der Waals surface area contributed by atoms with Gasteiger partial charge in [0.2, 0.25) is 5.91 Å². The molecule has 2 amide bonds. The molecule has 4 rings (SSSR count). The lowest BCUT2D eigenvalue weighted by Crippen LogP contribution is -2.46. The van der Waals surface area contributed by atoms with Crippen LogP contribution in [0.5, 0.6) is 0 Å². The molecule has 2 aliphatic rings. The summed E-state index contributed by atoms with van der Waals surface area (Å²) in [6, 6.07) is 13.2. The highest BCUT2D eigenvalue weighted by molar-refractivity contribution is 14.1. The molecule has 0 unspecified atom stereocenters. The number of fused-ring (bicyclic) bond motifs is 2. The van der Waals surface area contributed by atoms with E-state index in [0.29, 0.717) is 24.2 Å². The van der Waals surface area contributed by atoms with Crippen LogP contribution in [0.4, 0.5) is 5.69 Å². The lowest BCUT2D eigenvalue weighted by molar-refractivity contribution is -0.137. The van der Waals surface area contributed by atoms with Crippen LogP contribution >= 0.6 is 22.6 Å². The lowest BCUT2D eigenvalue weighted by Gasteiger charge is -2.36. The number of hydrogen-bond acceptors (Lipinski definition) is 4. The van der Waals surface area contributed by atoms with E-state index in [2.05, 4.69) is 27.9 Å². The van der Waals surface area contributed by atoms with E-state index in [4.69, 9.17) is 0 Å². The summed E-state index contributed by atoms with van der Waals surface area (Å²) in [5.74, 6) is -1.06. The third kappa shape index (κ3) is 4.02. The van der Waals surface area contributed by atoms with Crippen molar-refractivity contribution < 1.29 is 19.8 Å². The summed E-state index contributed by atoms with van der Waals surface area (Å²) < 4.78 is 0.929. The van der Waals surface area contributed by atoms with Crippen LogP contribution in [0.25, 0.3) is 0 Å². The number of rotatable bonds is 5. The van der Waals surface area contributed by atoms with Crippen LogP contribution in [0.3, 0.4) is 0 Å². The van der Waals surface area contributed by atoms with Crippen LogP contribution in [0.2, 0.25) is 0 Å². The van der Waals surface area contributed by atoms with Gasteiger partial charge in [0.1, 0.15) is 0 Å². The molecule has 7 heteroatoms. The zero-order valence-electron chi connectivity index (χ0n) is 17.2. The Kier molecular flexibility index (Phi) is 6.18. The van der Waals surface area contributed by atoms with Crippen LogP contribution in [0.15, 0.2) is 54.6 Å². The molecule has 3 atom stereocenters. The third-order valence-electron chi connectivity index (χ3n) is 6.25. The number of nitrogens with zero attached hydrogens (tertiary/aromatic N) is 1. The third-order valence-corrected chi connectivity index (χ3v) is 6.92. The first kappa shape index (κ1) is 22.0. The Morgan fingerprint density at radius 3 is 2.81 bits per heavy atom. The van der Waals surface area contributed by atoms with Gasteiger partial charge in [-0.3, -0.25) is 9.59 Å². The number of halogens is 1. The predicted octanol–water partition coefficient (Wildman–Crippen LogP) is 2.96. The second-order valence-electron chi connectivity index (χ2n) is 8.16. The lowest BCUT2D eigenvalue weighted by atomic mass is 9.83. The summed E-state index contributed by atoms with van der Waals surface area (Å²) in [4.78, 5) is 27.2. The molecule has 0 spiro atoms. The van der Waals surface area contributed by atoms with Crippen molar-refractivity contribution in [2.75, 3.05) is 11.9 Å². The Balaban J connectivity index is 1.47. The minimum absolute atomic E-state index is 0.0878. The van der Waals surface area contributed by atoms with Crippen molar-refractivity contribution in [1.82, 2.24) is 4.90 Å². The molecule has 0 saturated carbocycles. The van der Waals surface area contributed by atoms with Gasteiger partial charge in [-0.15, -0.1) is 0 Å². The molecular weight excluding hydrogens is 507 g/mol. The van der Waals surface area contributed by atoms with Gasteiger partial charge in [-0.1, -0.05) is 43.3 Å². The van der Waals surface area contributed by atoms with Gasteiger partial charge in [0.15, 0.2) is 5.60 Å². The van der Waals surface area contributed by atoms with Crippen LogP contribution in [-0.4, -0.2) is 39.6 Å². The van der Waals surface area contributed by atoms with Gasteiger partial charge in [0.25, 0.3) is 5.91 Å². The molecule has 0 radical (unpaired) electrons. The van der Waals surface area contributed by atoms with E-state index in [-0.39, 0.29) is 25.0 Å². The summed E-state index contributed by atoms with van der Waals surface area (Å²) in [6.07, 6.45) is 4.20. The largest absolute Gasteiger partial charge is 0.394 e. The molecule has 2 aliphatic heterocycles. The maximum Gasteiger partial charge on any atom is 0.261 e. The van der Waals surface area contributed by atoms with E-state index in [0.717, 1.165) is 14.7 Å². The molecule has 6 nitrogen and oxygen atoms in total. The molecule has 3 N–H and O–H groups in total. The minimum atomic E-state index is -1.67. The molecule has 0 aromatic heterocycles. The number of carbonyl (C=O) groups is 2. The summed E-state index contributed by atoms with van der Waals surface area (Å²) >= 11 is 2.15. The van der Waals surface area contributed by atoms with Crippen LogP contribution < -0.4 is 5.32 Å². The first-order valence-electron chi connectivity index (χ1n) is 10.3. The standard InChI is InChI=1S/C24H25IN2O4/c1-15(24(31)20-12-18(25)9-10-21(20)26-23(24)30)5-4-8-22(29)27-13-17-7-3-2-6-16(17)11-19(27)14-28/h2-7,9-10,12,15,19,28,31H,8,11,13-14H2,1H3,(H,26,30)/b5-4+/t15-,19-,24+/m0/s1. The Morgan fingerprint density at radius 1 is 1.32 bits per heavy atom. The quantitative estimate of drug-likeness (QED) is 0.408. The molecule has 0 aliphatic carbocycles. The molecule has 31 heavy (non-hydrogen) atoms. The first-order valence-corrected chi connectivity index (χ1v) is 11.4. The van der Waals surface area contributed by atoms with Crippen LogP contribution in [-0.2, 0) is 28.2 Å². The van der Waals surface area contributed by atoms with Crippen molar-refractivity contribution >= 4 is 40.1 Å². The number of aliphatic hydroxyl groups excluding tert-OH is 1. The minimum Gasteiger partial charge on any atom is -0.394 e. The highest BCUT2D eigenvalue weighted by Gasteiger charge is 2.48. The van der Waals surface area contributed by atoms with E-state index in [1.54, 1.807) is 36.1 Å². The topological polar surface area (TPSA) is 89.9 Å². The zero-order chi connectivity index (χ0) is 22.2. The summed E-state index contributed by atoms with van der Waals surface area (Å²) in [5.41, 5.74) is 1.76. The smallest absolute Gasteiger partial charge is 0.261 e. The molecule has 0 fully saturated rings. The number of amides is 2. The first-order chi connectivity index (χ1) is 14.8. The van der Waals surface area contributed by atoms with Crippen molar-refractivity contribution in [2.45, 2.75) is 38.0 Å². The van der Waals surface area contributed by atoms with Crippen molar-refractivity contribution in [1.29, 1.82) is 0 Å². The van der Waals surface area contributed by atoms with Gasteiger partial charge in [-0.05, 0) is 58.3 Å². The van der Waals surface area contributed by atoms with E-state index in [9.17, 15) is 19.8 Å². The van der Waals surface area contributed by atoms with Crippen molar-refractivity contribution in [3.8, 4) is 0 Å². The Labute approximate surface area is 195 Å². The van der Waals surface area contributed by atoms with E-state index < -0.39 is 17.4 Å². The second-order valence-corrected chi connectivity index (χ2v) is 9.41. The van der Waals surface area contributed by atoms with Crippen LogP contribution in [0.1, 0.15) is 30.0 Å². The average molecular weight is 532 g/mol. The Hall–Kier alpha value is -2.23. The number of aliphatic hydroxyl groups is 2. The van der Waals surface area contributed by atoms with Crippen molar-refractivity contribution in [3.63, 3.8) is 0 Å². The maximum atomic E-state index is 12.9.